The number of nitrogens with two attached hydrogens (primary N) is 1. The summed E-state index contributed by atoms with van der Waals surface area (Å²) in [7, 11) is 0. The maximum absolute atomic E-state index is 9.55. The molecular weight excluding hydrogens is 242 g/mol. The summed E-state index contributed by atoms with van der Waals surface area (Å²) >= 11 is 5.85. The van der Waals surface area contributed by atoms with Crippen LogP contribution in [0.3, 0.4) is 0 Å². The van der Waals surface area contributed by atoms with Crippen LogP contribution < -0.4 is 10.5 Å². The van der Waals surface area contributed by atoms with Crippen molar-refractivity contribution < 1.29 is 14.6 Å². The molecule has 0 aromatic heterocycles. The van der Waals surface area contributed by atoms with Crippen molar-refractivity contribution in [1.82, 2.24) is 0 Å². The van der Waals surface area contributed by atoms with E-state index in [-0.39, 0.29) is 13.2 Å². The average molecular weight is 260 g/mol. The van der Waals surface area contributed by atoms with Crippen molar-refractivity contribution in [2.75, 3.05) is 19.8 Å². The summed E-state index contributed by atoms with van der Waals surface area (Å²) in [6, 6.07) is 5.23. The number of aliphatic hydroxyl groups excluding tert-OH is 1. The summed E-state index contributed by atoms with van der Waals surface area (Å²) in [4.78, 5) is 0. The Labute approximate surface area is 106 Å². The van der Waals surface area contributed by atoms with Crippen LogP contribution in [0.25, 0.3) is 0 Å². The summed E-state index contributed by atoms with van der Waals surface area (Å²) in [5.41, 5.74) is 6.40. The number of halogens is 1. The van der Waals surface area contributed by atoms with Crippen molar-refractivity contribution in [1.29, 1.82) is 0 Å². The largest absolute Gasteiger partial charge is 0.490 e. The molecule has 5 heteroatoms. The van der Waals surface area contributed by atoms with Gasteiger partial charge in [-0.3, -0.25) is 0 Å². The molecule has 96 valence electrons. The molecule has 0 aliphatic rings. The second-order valence-corrected chi connectivity index (χ2v) is 4.02. The fourth-order valence-corrected chi connectivity index (χ4v) is 1.53. The van der Waals surface area contributed by atoms with E-state index in [1.54, 1.807) is 18.2 Å². The van der Waals surface area contributed by atoms with E-state index in [0.29, 0.717) is 23.9 Å². The highest BCUT2D eigenvalue weighted by Crippen LogP contribution is 2.22. The van der Waals surface area contributed by atoms with Crippen molar-refractivity contribution in [2.24, 2.45) is 5.73 Å². The van der Waals surface area contributed by atoms with Gasteiger partial charge in [0, 0.05) is 23.7 Å². The van der Waals surface area contributed by atoms with Crippen LogP contribution in [0.15, 0.2) is 18.2 Å². The lowest BCUT2D eigenvalue weighted by Crippen LogP contribution is -2.23. The van der Waals surface area contributed by atoms with Crippen molar-refractivity contribution in [3.05, 3.63) is 28.8 Å². The third-order valence-electron chi connectivity index (χ3n) is 2.19. The van der Waals surface area contributed by atoms with Gasteiger partial charge in [-0.25, -0.2) is 0 Å². The highest BCUT2D eigenvalue weighted by Gasteiger charge is 2.08. The number of rotatable bonds is 7. The predicted molar refractivity (Wildman–Crippen MR) is 67.3 cm³/mol. The molecule has 0 heterocycles. The molecule has 0 aliphatic carbocycles. The van der Waals surface area contributed by atoms with Gasteiger partial charge < -0.3 is 20.3 Å². The van der Waals surface area contributed by atoms with E-state index in [9.17, 15) is 5.11 Å². The highest BCUT2D eigenvalue weighted by molar-refractivity contribution is 6.30. The normalized spacial score (nSPS) is 12.5. The first-order chi connectivity index (χ1) is 8.17. The zero-order valence-corrected chi connectivity index (χ0v) is 10.6. The van der Waals surface area contributed by atoms with E-state index in [4.69, 9.17) is 26.8 Å². The second-order valence-electron chi connectivity index (χ2n) is 3.58. The lowest BCUT2D eigenvalue weighted by Gasteiger charge is -2.14. The molecule has 1 atom stereocenters. The maximum Gasteiger partial charge on any atom is 0.124 e. The summed E-state index contributed by atoms with van der Waals surface area (Å²) in [5, 5.41) is 10.2. The number of ether oxygens (including phenoxy) is 2. The molecule has 0 saturated carbocycles. The topological polar surface area (TPSA) is 64.7 Å². The third-order valence-corrected chi connectivity index (χ3v) is 2.42. The van der Waals surface area contributed by atoms with Crippen LogP contribution in [0.5, 0.6) is 5.75 Å². The zero-order chi connectivity index (χ0) is 12.7. The molecule has 1 aromatic rings. The van der Waals surface area contributed by atoms with Crippen LogP contribution in [0.1, 0.15) is 12.5 Å². The lowest BCUT2D eigenvalue weighted by atomic mass is 10.2. The fourth-order valence-electron chi connectivity index (χ4n) is 1.34. The Morgan fingerprint density at radius 3 is 2.82 bits per heavy atom. The van der Waals surface area contributed by atoms with E-state index >= 15 is 0 Å². The molecule has 0 radical (unpaired) electrons. The summed E-state index contributed by atoms with van der Waals surface area (Å²) in [6.45, 7) is 3.24. The SMILES string of the molecule is CCOCC(O)COc1ccc(Cl)cc1CN. The van der Waals surface area contributed by atoms with E-state index in [1.165, 1.54) is 0 Å². The van der Waals surface area contributed by atoms with Gasteiger partial charge >= 0.3 is 0 Å². The smallest absolute Gasteiger partial charge is 0.124 e. The summed E-state index contributed by atoms with van der Waals surface area (Å²) < 4.78 is 10.6. The van der Waals surface area contributed by atoms with Gasteiger partial charge in [0.1, 0.15) is 18.5 Å². The average Bonchev–Trinajstić information content (AvgIpc) is 2.34. The Morgan fingerprint density at radius 2 is 2.18 bits per heavy atom. The third kappa shape index (κ3) is 4.91. The first-order valence-electron chi connectivity index (χ1n) is 5.54. The molecule has 0 fully saturated rings. The van der Waals surface area contributed by atoms with Gasteiger partial charge in [-0.05, 0) is 25.1 Å². The molecule has 0 bridgehead atoms. The van der Waals surface area contributed by atoms with E-state index in [1.807, 2.05) is 6.92 Å². The minimum atomic E-state index is -0.642. The Kier molecular flexibility index (Phi) is 6.29. The van der Waals surface area contributed by atoms with Crippen molar-refractivity contribution in [3.8, 4) is 5.75 Å². The standard InChI is InChI=1S/C12H18ClNO3/c1-2-16-7-11(15)8-17-12-4-3-10(13)5-9(12)6-14/h3-5,11,15H,2,6-8,14H2,1H3. The van der Waals surface area contributed by atoms with Crippen LogP contribution >= 0.6 is 11.6 Å². The number of benzene rings is 1. The van der Waals surface area contributed by atoms with Gasteiger partial charge in [0.15, 0.2) is 0 Å². The molecule has 0 aliphatic heterocycles. The zero-order valence-electron chi connectivity index (χ0n) is 9.86. The quantitative estimate of drug-likeness (QED) is 0.780. The molecule has 17 heavy (non-hydrogen) atoms. The van der Waals surface area contributed by atoms with Gasteiger partial charge in [-0.15, -0.1) is 0 Å². The minimum Gasteiger partial charge on any atom is -0.490 e. The van der Waals surface area contributed by atoms with Crippen LogP contribution in [-0.2, 0) is 11.3 Å². The summed E-state index contributed by atoms with van der Waals surface area (Å²) in [5.74, 6) is 0.646. The predicted octanol–water partition coefficient (Wildman–Crippen LogP) is 1.57. The Morgan fingerprint density at radius 1 is 1.41 bits per heavy atom. The van der Waals surface area contributed by atoms with Gasteiger partial charge in [0.05, 0.1) is 6.61 Å². The molecule has 0 saturated heterocycles. The first kappa shape index (κ1) is 14.3. The van der Waals surface area contributed by atoms with Gasteiger partial charge in [0.2, 0.25) is 0 Å². The lowest BCUT2D eigenvalue weighted by molar-refractivity contribution is 0.0162. The van der Waals surface area contributed by atoms with Crippen molar-refractivity contribution in [3.63, 3.8) is 0 Å². The van der Waals surface area contributed by atoms with Gasteiger partial charge in [-0.1, -0.05) is 11.6 Å². The monoisotopic (exact) mass is 259 g/mol. The molecular formula is C12H18ClNO3. The van der Waals surface area contributed by atoms with Crippen molar-refractivity contribution in [2.45, 2.75) is 19.6 Å². The van der Waals surface area contributed by atoms with Crippen LogP contribution in [0.2, 0.25) is 5.02 Å². The first-order valence-corrected chi connectivity index (χ1v) is 5.92. The van der Waals surface area contributed by atoms with E-state index < -0.39 is 6.10 Å². The van der Waals surface area contributed by atoms with Gasteiger partial charge in [0.25, 0.3) is 0 Å². The second kappa shape index (κ2) is 7.50. The fraction of sp³-hybridized carbons (Fsp3) is 0.500. The van der Waals surface area contributed by atoms with E-state index in [0.717, 1.165) is 5.56 Å². The highest BCUT2D eigenvalue weighted by atomic mass is 35.5. The maximum atomic E-state index is 9.55. The molecule has 1 aromatic carbocycles. The van der Waals surface area contributed by atoms with Crippen LogP contribution in [-0.4, -0.2) is 31.0 Å². The molecule has 0 spiro atoms. The molecule has 4 nitrogen and oxygen atoms in total. The number of aliphatic hydroxyl groups is 1. The Bertz CT molecular complexity index is 347. The van der Waals surface area contributed by atoms with Crippen LogP contribution in [0.4, 0.5) is 0 Å². The van der Waals surface area contributed by atoms with E-state index in [2.05, 4.69) is 0 Å². The van der Waals surface area contributed by atoms with Crippen LogP contribution in [0, 0.1) is 0 Å². The molecule has 0 amide bonds. The minimum absolute atomic E-state index is 0.175. The van der Waals surface area contributed by atoms with Gasteiger partial charge in [-0.2, -0.15) is 0 Å². The van der Waals surface area contributed by atoms with Crippen molar-refractivity contribution >= 4 is 11.6 Å². The molecule has 3 N–H and O–H groups in total. The molecule has 1 rings (SSSR count). The Balaban J connectivity index is 2.50. The Hall–Kier alpha value is -0.810. The molecule has 1 unspecified atom stereocenters. The number of hydrogen-bond donors (Lipinski definition) is 2. The summed E-state index contributed by atoms with van der Waals surface area (Å²) in [6.07, 6.45) is -0.642. The number of hydrogen-bond acceptors (Lipinski definition) is 4.